The molecule has 0 aliphatic rings. The van der Waals surface area contributed by atoms with Crippen molar-refractivity contribution in [2.45, 2.75) is 58.3 Å². The van der Waals surface area contributed by atoms with Crippen molar-refractivity contribution >= 4 is 0 Å². The fraction of sp³-hybridized carbons (Fsp3) is 0.500. The Morgan fingerprint density at radius 2 is 1.00 bits per heavy atom. The van der Waals surface area contributed by atoms with E-state index >= 15 is 0 Å². The second-order valence-corrected chi connectivity index (χ2v) is 4.93. The molecule has 0 bridgehead atoms. The first kappa shape index (κ1) is 19.7. The lowest BCUT2D eigenvalue weighted by molar-refractivity contribution is 0.285. The highest BCUT2D eigenvalue weighted by molar-refractivity contribution is 5.00. The van der Waals surface area contributed by atoms with Gasteiger partial charge in [0.05, 0.1) is 0 Å². The lowest BCUT2D eigenvalue weighted by Gasteiger charge is -1.90. The molecule has 0 heterocycles. The Morgan fingerprint density at radius 1 is 0.571 bits per heavy atom. The van der Waals surface area contributed by atoms with Crippen LogP contribution in [0.5, 0.6) is 0 Å². The van der Waals surface area contributed by atoms with Gasteiger partial charge in [-0.05, 0) is 51.4 Å². The molecule has 0 atom stereocenters. The summed E-state index contributed by atoms with van der Waals surface area (Å²) in [5.41, 5.74) is 0. The quantitative estimate of drug-likeness (QED) is 0.330. The van der Waals surface area contributed by atoms with E-state index in [9.17, 15) is 0 Å². The Kier molecular flexibility index (Phi) is 17.5. The Bertz CT molecular complexity index is 332. The lowest BCUT2D eigenvalue weighted by atomic mass is 10.2. The van der Waals surface area contributed by atoms with Crippen LogP contribution < -0.4 is 0 Å². The van der Waals surface area contributed by atoms with Crippen molar-refractivity contribution in [2.75, 3.05) is 6.61 Å². The van der Waals surface area contributed by atoms with Gasteiger partial charge in [0.2, 0.25) is 0 Å². The van der Waals surface area contributed by atoms with Crippen LogP contribution in [0.1, 0.15) is 58.3 Å². The first-order chi connectivity index (χ1) is 10.4. The molecule has 0 fully saturated rings. The first-order valence-corrected chi connectivity index (χ1v) is 8.27. The summed E-state index contributed by atoms with van der Waals surface area (Å²) >= 11 is 0. The smallest absolute Gasteiger partial charge is 0.0431 e. The highest BCUT2D eigenvalue weighted by atomic mass is 16.2. The molecule has 0 rings (SSSR count). The van der Waals surface area contributed by atoms with Crippen molar-refractivity contribution in [1.29, 1.82) is 0 Å². The van der Waals surface area contributed by atoms with E-state index in [1.165, 1.54) is 0 Å². The van der Waals surface area contributed by atoms with E-state index in [0.29, 0.717) is 6.61 Å². The number of aliphatic hydroxyl groups excluding tert-OH is 1. The Labute approximate surface area is 131 Å². The number of hydrogen-bond donors (Lipinski definition) is 1. The summed E-state index contributed by atoms with van der Waals surface area (Å²) in [4.78, 5) is 0. The zero-order valence-corrected chi connectivity index (χ0v) is 13.6. The van der Waals surface area contributed by atoms with Gasteiger partial charge >= 0.3 is 0 Å². The van der Waals surface area contributed by atoms with Crippen LogP contribution in [0.4, 0.5) is 0 Å². The standard InChI is InChI=1S/C20H32O/c1-2-3-4-5-6-7-8-9-10-11-12-13-14-15-16-17-18-19-20-21/h3-4,6-7,9-10,12-13,15-16,21H,2,5,8,11,14,17-20H2,1H3/b4-3?,7-6?,10-9?,13-12?,16-15-. The van der Waals surface area contributed by atoms with Gasteiger partial charge < -0.3 is 5.11 Å². The third-order valence-electron chi connectivity index (χ3n) is 2.94. The second kappa shape index (κ2) is 18.7. The fourth-order valence-electron chi connectivity index (χ4n) is 1.74. The minimum absolute atomic E-state index is 0.310. The van der Waals surface area contributed by atoms with E-state index in [4.69, 9.17) is 5.11 Å². The van der Waals surface area contributed by atoms with Crippen LogP contribution >= 0.6 is 0 Å². The van der Waals surface area contributed by atoms with Crippen LogP contribution in [0, 0.1) is 0 Å². The summed E-state index contributed by atoms with van der Waals surface area (Å²) in [6.07, 6.45) is 30.4. The van der Waals surface area contributed by atoms with Gasteiger partial charge in [0, 0.05) is 6.61 Å². The Morgan fingerprint density at radius 3 is 1.43 bits per heavy atom. The van der Waals surface area contributed by atoms with Gasteiger partial charge in [-0.25, -0.2) is 0 Å². The largest absolute Gasteiger partial charge is 0.396 e. The third-order valence-corrected chi connectivity index (χ3v) is 2.94. The lowest BCUT2D eigenvalue weighted by Crippen LogP contribution is -1.79. The maximum atomic E-state index is 8.64. The number of aliphatic hydroxyl groups is 1. The molecular weight excluding hydrogens is 256 g/mol. The van der Waals surface area contributed by atoms with Crippen LogP contribution in [-0.4, -0.2) is 11.7 Å². The monoisotopic (exact) mass is 288 g/mol. The Hall–Kier alpha value is -1.34. The van der Waals surface area contributed by atoms with Crippen molar-refractivity contribution in [3.63, 3.8) is 0 Å². The van der Waals surface area contributed by atoms with Gasteiger partial charge in [0.1, 0.15) is 0 Å². The summed E-state index contributed by atoms with van der Waals surface area (Å²) in [5.74, 6) is 0. The topological polar surface area (TPSA) is 20.2 Å². The minimum atomic E-state index is 0.310. The zero-order valence-electron chi connectivity index (χ0n) is 13.6. The van der Waals surface area contributed by atoms with Crippen LogP contribution in [0.25, 0.3) is 0 Å². The van der Waals surface area contributed by atoms with Crippen molar-refractivity contribution in [3.8, 4) is 0 Å². The van der Waals surface area contributed by atoms with E-state index < -0.39 is 0 Å². The number of unbranched alkanes of at least 4 members (excludes halogenated alkanes) is 2. The summed E-state index contributed by atoms with van der Waals surface area (Å²) in [5, 5.41) is 8.64. The molecule has 0 aromatic carbocycles. The summed E-state index contributed by atoms with van der Waals surface area (Å²) < 4.78 is 0. The van der Waals surface area contributed by atoms with Crippen LogP contribution in [0.3, 0.4) is 0 Å². The van der Waals surface area contributed by atoms with E-state index in [2.05, 4.69) is 67.7 Å². The van der Waals surface area contributed by atoms with Crippen molar-refractivity contribution < 1.29 is 5.11 Å². The van der Waals surface area contributed by atoms with E-state index in [0.717, 1.165) is 51.4 Å². The highest BCUT2D eigenvalue weighted by Gasteiger charge is 1.81. The third kappa shape index (κ3) is 18.7. The number of rotatable bonds is 13. The fourth-order valence-corrected chi connectivity index (χ4v) is 1.74. The average molecular weight is 288 g/mol. The van der Waals surface area contributed by atoms with Crippen molar-refractivity contribution in [2.24, 2.45) is 0 Å². The molecule has 0 radical (unpaired) electrons. The molecule has 0 spiro atoms. The molecule has 0 amide bonds. The second-order valence-electron chi connectivity index (χ2n) is 4.93. The average Bonchev–Trinajstić information content (AvgIpc) is 2.50. The molecule has 1 nitrogen and oxygen atoms in total. The number of hydrogen-bond acceptors (Lipinski definition) is 1. The molecule has 0 aromatic heterocycles. The molecule has 1 N–H and O–H groups in total. The summed E-state index contributed by atoms with van der Waals surface area (Å²) in [7, 11) is 0. The van der Waals surface area contributed by atoms with Gasteiger partial charge in [0.15, 0.2) is 0 Å². The predicted octanol–water partition coefficient (Wildman–Crippen LogP) is 5.90. The van der Waals surface area contributed by atoms with Gasteiger partial charge in [-0.15, -0.1) is 0 Å². The molecule has 21 heavy (non-hydrogen) atoms. The van der Waals surface area contributed by atoms with Gasteiger partial charge in [-0.1, -0.05) is 67.7 Å². The van der Waals surface area contributed by atoms with Crippen LogP contribution in [0.2, 0.25) is 0 Å². The molecule has 0 saturated heterocycles. The molecule has 0 aromatic rings. The van der Waals surface area contributed by atoms with Gasteiger partial charge in [-0.2, -0.15) is 0 Å². The summed E-state index contributed by atoms with van der Waals surface area (Å²) in [6, 6.07) is 0. The first-order valence-electron chi connectivity index (χ1n) is 8.27. The summed E-state index contributed by atoms with van der Waals surface area (Å²) in [6.45, 7) is 2.47. The van der Waals surface area contributed by atoms with E-state index in [-0.39, 0.29) is 0 Å². The maximum Gasteiger partial charge on any atom is 0.0431 e. The van der Waals surface area contributed by atoms with Gasteiger partial charge in [-0.3, -0.25) is 0 Å². The van der Waals surface area contributed by atoms with E-state index in [1.54, 1.807) is 0 Å². The molecule has 1 heteroatoms. The predicted molar refractivity (Wildman–Crippen MR) is 95.4 cm³/mol. The molecule has 0 unspecified atom stereocenters. The van der Waals surface area contributed by atoms with Crippen molar-refractivity contribution in [1.82, 2.24) is 0 Å². The minimum Gasteiger partial charge on any atom is -0.396 e. The van der Waals surface area contributed by atoms with Crippen LogP contribution in [0.15, 0.2) is 60.8 Å². The van der Waals surface area contributed by atoms with E-state index in [1.807, 2.05) is 0 Å². The zero-order chi connectivity index (χ0) is 15.4. The molecule has 0 aliphatic heterocycles. The molecular formula is C20H32O. The van der Waals surface area contributed by atoms with Gasteiger partial charge in [0.25, 0.3) is 0 Å². The molecule has 0 aliphatic carbocycles. The van der Waals surface area contributed by atoms with Crippen molar-refractivity contribution in [3.05, 3.63) is 60.8 Å². The maximum absolute atomic E-state index is 8.64. The van der Waals surface area contributed by atoms with Crippen LogP contribution in [-0.2, 0) is 0 Å². The SMILES string of the molecule is CCC=CCC=CCC=CCC=CC/C=C\CCCCO. The number of allylic oxidation sites excluding steroid dienone is 10. The highest BCUT2D eigenvalue weighted by Crippen LogP contribution is 1.98. The molecule has 0 saturated carbocycles. The Balaban J connectivity index is 3.41. The molecule has 118 valence electrons. The normalized spacial score (nSPS) is 13.0.